The zero-order valence-electron chi connectivity index (χ0n) is 9.79. The minimum absolute atomic E-state index is 0.128. The number of amides is 2. The third-order valence-corrected chi connectivity index (χ3v) is 3.56. The number of carbonyl (C=O) groups excluding carboxylic acids is 2. The highest BCUT2D eigenvalue weighted by Crippen LogP contribution is 2.19. The summed E-state index contributed by atoms with van der Waals surface area (Å²) >= 11 is 3.27. The van der Waals surface area contributed by atoms with Gasteiger partial charge in [-0.1, -0.05) is 28.9 Å². The Morgan fingerprint density at radius 1 is 1.47 bits per heavy atom. The van der Waals surface area contributed by atoms with Crippen LogP contribution >= 0.6 is 15.9 Å². The lowest BCUT2D eigenvalue weighted by Crippen LogP contribution is -2.23. The average molecular weight is 299 g/mol. The lowest BCUT2D eigenvalue weighted by atomic mass is 10.1. The summed E-state index contributed by atoms with van der Waals surface area (Å²) in [5, 5.41) is 2.76. The van der Waals surface area contributed by atoms with E-state index in [2.05, 4.69) is 21.2 Å². The van der Waals surface area contributed by atoms with Crippen molar-refractivity contribution in [3.8, 4) is 0 Å². The lowest BCUT2D eigenvalue weighted by Gasteiger charge is -2.12. The molecular formula is C12H15BrN2O2. The molecule has 3 N–H and O–H groups in total. The Balaban J connectivity index is 2.96. The fourth-order valence-corrected chi connectivity index (χ4v) is 1.55. The molecule has 1 aromatic carbocycles. The van der Waals surface area contributed by atoms with Crippen LogP contribution in [-0.2, 0) is 4.79 Å². The zero-order chi connectivity index (χ0) is 13.0. The van der Waals surface area contributed by atoms with Crippen LogP contribution in [0.3, 0.4) is 0 Å². The fourth-order valence-electron chi connectivity index (χ4n) is 1.43. The molecular weight excluding hydrogens is 284 g/mol. The topological polar surface area (TPSA) is 72.2 Å². The SMILES string of the molecule is CCC(Br)C(=O)Nc1cccc(C(N)=O)c1C. The van der Waals surface area contributed by atoms with Gasteiger partial charge in [0, 0.05) is 11.3 Å². The number of alkyl halides is 1. The van der Waals surface area contributed by atoms with Crippen LogP contribution in [0, 0.1) is 6.92 Å². The molecule has 0 radical (unpaired) electrons. The lowest BCUT2D eigenvalue weighted by molar-refractivity contribution is -0.115. The number of primary amides is 1. The second-order valence-corrected chi connectivity index (χ2v) is 4.81. The third-order valence-electron chi connectivity index (χ3n) is 2.50. The Morgan fingerprint density at radius 2 is 2.12 bits per heavy atom. The van der Waals surface area contributed by atoms with E-state index in [-0.39, 0.29) is 10.7 Å². The van der Waals surface area contributed by atoms with Gasteiger partial charge in [0.05, 0.1) is 4.83 Å². The molecule has 1 rings (SSSR count). The maximum absolute atomic E-state index is 11.7. The van der Waals surface area contributed by atoms with Gasteiger partial charge in [-0.3, -0.25) is 9.59 Å². The van der Waals surface area contributed by atoms with E-state index >= 15 is 0 Å². The van der Waals surface area contributed by atoms with Gasteiger partial charge in [-0.25, -0.2) is 0 Å². The van der Waals surface area contributed by atoms with Gasteiger partial charge >= 0.3 is 0 Å². The van der Waals surface area contributed by atoms with E-state index in [4.69, 9.17) is 5.73 Å². The van der Waals surface area contributed by atoms with Crippen LogP contribution in [0.1, 0.15) is 29.3 Å². The molecule has 1 atom stereocenters. The summed E-state index contributed by atoms with van der Waals surface area (Å²) in [6, 6.07) is 5.08. The Morgan fingerprint density at radius 3 is 2.65 bits per heavy atom. The molecule has 0 aliphatic carbocycles. The summed E-state index contributed by atoms with van der Waals surface area (Å²) in [5.41, 5.74) is 6.96. The summed E-state index contributed by atoms with van der Waals surface area (Å²) in [6.07, 6.45) is 0.695. The summed E-state index contributed by atoms with van der Waals surface area (Å²) in [5.74, 6) is -0.623. The summed E-state index contributed by atoms with van der Waals surface area (Å²) in [4.78, 5) is 22.6. The van der Waals surface area contributed by atoms with Crippen LogP contribution < -0.4 is 11.1 Å². The molecule has 0 bridgehead atoms. The molecule has 2 amide bonds. The highest BCUT2D eigenvalue weighted by molar-refractivity contribution is 9.10. The van der Waals surface area contributed by atoms with Gasteiger partial charge in [0.2, 0.25) is 11.8 Å². The molecule has 0 fully saturated rings. The van der Waals surface area contributed by atoms with Crippen LogP contribution in [0.4, 0.5) is 5.69 Å². The van der Waals surface area contributed by atoms with Crippen molar-refractivity contribution in [3.63, 3.8) is 0 Å². The smallest absolute Gasteiger partial charge is 0.249 e. The largest absolute Gasteiger partial charge is 0.366 e. The molecule has 92 valence electrons. The number of rotatable bonds is 4. The first-order valence-corrected chi connectivity index (χ1v) is 6.23. The van der Waals surface area contributed by atoms with E-state index in [9.17, 15) is 9.59 Å². The van der Waals surface area contributed by atoms with Crippen LogP contribution in [0.25, 0.3) is 0 Å². The van der Waals surface area contributed by atoms with E-state index in [0.717, 1.165) is 0 Å². The van der Waals surface area contributed by atoms with Crippen molar-refractivity contribution in [2.24, 2.45) is 5.73 Å². The molecule has 4 nitrogen and oxygen atoms in total. The van der Waals surface area contributed by atoms with Crippen LogP contribution in [0.2, 0.25) is 0 Å². The summed E-state index contributed by atoms with van der Waals surface area (Å²) < 4.78 is 0. The van der Waals surface area contributed by atoms with Gasteiger partial charge in [-0.15, -0.1) is 0 Å². The molecule has 0 heterocycles. The number of hydrogen-bond acceptors (Lipinski definition) is 2. The quantitative estimate of drug-likeness (QED) is 0.837. The molecule has 0 aromatic heterocycles. The Hall–Kier alpha value is -1.36. The Kier molecular flexibility index (Phi) is 4.69. The Labute approximate surface area is 109 Å². The van der Waals surface area contributed by atoms with Crippen LogP contribution in [0.5, 0.6) is 0 Å². The molecule has 5 heteroatoms. The second-order valence-electron chi connectivity index (χ2n) is 3.71. The van der Waals surface area contributed by atoms with Gasteiger partial charge in [-0.05, 0) is 31.0 Å². The predicted molar refractivity (Wildman–Crippen MR) is 71.3 cm³/mol. The van der Waals surface area contributed by atoms with Crippen molar-refractivity contribution in [1.29, 1.82) is 0 Å². The standard InChI is InChI=1S/C12H15BrN2O2/c1-3-9(13)12(17)15-10-6-4-5-8(7(10)2)11(14)16/h4-6,9H,3H2,1-2H3,(H2,14,16)(H,15,17). The van der Waals surface area contributed by atoms with Crippen molar-refractivity contribution in [1.82, 2.24) is 0 Å². The number of hydrogen-bond donors (Lipinski definition) is 2. The molecule has 0 spiro atoms. The summed E-state index contributed by atoms with van der Waals surface area (Å²) in [7, 11) is 0. The van der Waals surface area contributed by atoms with E-state index in [0.29, 0.717) is 23.2 Å². The van der Waals surface area contributed by atoms with Gasteiger partial charge < -0.3 is 11.1 Å². The number of carbonyl (C=O) groups is 2. The second kappa shape index (κ2) is 5.82. The first-order chi connectivity index (χ1) is 7.97. The van der Waals surface area contributed by atoms with E-state index < -0.39 is 5.91 Å². The third kappa shape index (κ3) is 3.30. The molecule has 0 aliphatic heterocycles. The first kappa shape index (κ1) is 13.7. The highest BCUT2D eigenvalue weighted by Gasteiger charge is 2.15. The number of halogens is 1. The highest BCUT2D eigenvalue weighted by atomic mass is 79.9. The van der Waals surface area contributed by atoms with Crippen molar-refractivity contribution < 1.29 is 9.59 Å². The van der Waals surface area contributed by atoms with E-state index in [1.165, 1.54) is 0 Å². The van der Waals surface area contributed by atoms with Crippen LogP contribution in [-0.4, -0.2) is 16.6 Å². The normalized spacial score (nSPS) is 11.9. The van der Waals surface area contributed by atoms with Crippen molar-refractivity contribution >= 4 is 33.4 Å². The first-order valence-electron chi connectivity index (χ1n) is 5.31. The molecule has 0 saturated carbocycles. The average Bonchev–Trinajstić information content (AvgIpc) is 2.30. The predicted octanol–water partition coefficient (Wildman–Crippen LogP) is 2.21. The Bertz CT molecular complexity index is 446. The van der Waals surface area contributed by atoms with Gasteiger partial charge in [0.1, 0.15) is 0 Å². The minimum Gasteiger partial charge on any atom is -0.366 e. The zero-order valence-corrected chi connectivity index (χ0v) is 11.4. The molecule has 1 aromatic rings. The maximum atomic E-state index is 11.7. The van der Waals surface area contributed by atoms with Crippen molar-refractivity contribution in [2.75, 3.05) is 5.32 Å². The molecule has 0 aliphatic rings. The monoisotopic (exact) mass is 298 g/mol. The molecule has 17 heavy (non-hydrogen) atoms. The summed E-state index contributed by atoms with van der Waals surface area (Å²) in [6.45, 7) is 3.66. The van der Waals surface area contributed by atoms with Crippen molar-refractivity contribution in [3.05, 3.63) is 29.3 Å². The molecule has 0 saturated heterocycles. The fraction of sp³-hybridized carbons (Fsp3) is 0.333. The van der Waals surface area contributed by atoms with Gasteiger partial charge in [-0.2, -0.15) is 0 Å². The van der Waals surface area contributed by atoms with Gasteiger partial charge in [0.25, 0.3) is 0 Å². The van der Waals surface area contributed by atoms with E-state index in [1.54, 1.807) is 25.1 Å². The number of benzene rings is 1. The number of nitrogens with two attached hydrogens (primary N) is 1. The van der Waals surface area contributed by atoms with Crippen molar-refractivity contribution in [2.45, 2.75) is 25.1 Å². The molecule has 1 unspecified atom stereocenters. The van der Waals surface area contributed by atoms with E-state index in [1.807, 2.05) is 6.92 Å². The number of nitrogens with one attached hydrogen (secondary N) is 1. The van der Waals surface area contributed by atoms with Gasteiger partial charge in [0.15, 0.2) is 0 Å². The number of anilines is 1. The minimum atomic E-state index is -0.496. The maximum Gasteiger partial charge on any atom is 0.249 e. The van der Waals surface area contributed by atoms with Crippen LogP contribution in [0.15, 0.2) is 18.2 Å².